The summed E-state index contributed by atoms with van der Waals surface area (Å²) in [7, 11) is 0. The minimum Gasteiger partial charge on any atom is -0.373 e. The van der Waals surface area contributed by atoms with Gasteiger partial charge in [0.15, 0.2) is 0 Å². The van der Waals surface area contributed by atoms with Gasteiger partial charge in [0, 0.05) is 25.5 Å². The van der Waals surface area contributed by atoms with Crippen molar-refractivity contribution in [3.05, 3.63) is 30.1 Å². The van der Waals surface area contributed by atoms with Crippen LogP contribution in [-0.4, -0.2) is 35.6 Å². The molecule has 1 aliphatic carbocycles. The molecule has 1 aromatic rings. The van der Waals surface area contributed by atoms with Crippen molar-refractivity contribution in [1.29, 1.82) is 0 Å². The van der Waals surface area contributed by atoms with Gasteiger partial charge in [0.25, 0.3) is 0 Å². The zero-order valence-electron chi connectivity index (χ0n) is 11.1. The van der Waals surface area contributed by atoms with Crippen LogP contribution in [0.3, 0.4) is 0 Å². The summed E-state index contributed by atoms with van der Waals surface area (Å²) in [6.45, 7) is 6.62. The molecule has 3 atom stereocenters. The number of fused-ring (bicyclic) bond motifs is 2. The number of pyridine rings is 1. The number of piperidine rings is 1. The van der Waals surface area contributed by atoms with Gasteiger partial charge >= 0.3 is 0 Å². The molecular weight excluding hydrogens is 224 g/mol. The number of nitrogens with zero attached hydrogens (tertiary/aromatic N) is 2. The maximum atomic E-state index is 6.18. The molecule has 2 bridgehead atoms. The molecule has 2 fully saturated rings. The van der Waals surface area contributed by atoms with E-state index in [-0.39, 0.29) is 0 Å². The van der Waals surface area contributed by atoms with Gasteiger partial charge in [0.2, 0.25) is 0 Å². The van der Waals surface area contributed by atoms with Gasteiger partial charge in [-0.05, 0) is 42.9 Å². The van der Waals surface area contributed by atoms with Gasteiger partial charge in [-0.2, -0.15) is 0 Å². The molecule has 1 saturated carbocycles. The van der Waals surface area contributed by atoms with Gasteiger partial charge in [-0.3, -0.25) is 4.98 Å². The Morgan fingerprint density at radius 3 is 2.72 bits per heavy atom. The van der Waals surface area contributed by atoms with Gasteiger partial charge in [-0.1, -0.05) is 13.0 Å². The first-order valence-corrected chi connectivity index (χ1v) is 7.09. The van der Waals surface area contributed by atoms with E-state index in [1.165, 1.54) is 38.0 Å². The molecule has 1 saturated heterocycles. The standard InChI is InChI=1S/C15H22N2O/c1-2-17-9-13-5-6-14(10-17)15(13)18-11-12-4-3-7-16-8-12/h3-4,7-8,13-15H,2,5-6,9-11H2,1H3/t13-,14+,15?. The molecule has 98 valence electrons. The van der Waals surface area contributed by atoms with Crippen molar-refractivity contribution >= 4 is 0 Å². The van der Waals surface area contributed by atoms with E-state index in [1.54, 1.807) is 0 Å². The predicted octanol–water partition coefficient (Wildman–Crippen LogP) is 2.33. The number of likely N-dealkylation sites (tertiary alicyclic amines) is 1. The Labute approximate surface area is 109 Å². The Kier molecular flexibility index (Phi) is 3.62. The maximum absolute atomic E-state index is 6.18. The molecule has 2 heterocycles. The van der Waals surface area contributed by atoms with Crippen LogP contribution in [0.4, 0.5) is 0 Å². The van der Waals surface area contributed by atoms with Crippen LogP contribution < -0.4 is 0 Å². The molecule has 1 aliphatic heterocycles. The van der Waals surface area contributed by atoms with E-state index in [1.807, 2.05) is 18.5 Å². The van der Waals surface area contributed by atoms with Crippen molar-refractivity contribution in [3.8, 4) is 0 Å². The first-order valence-electron chi connectivity index (χ1n) is 7.09. The van der Waals surface area contributed by atoms with Crippen molar-refractivity contribution in [2.24, 2.45) is 11.8 Å². The van der Waals surface area contributed by atoms with E-state index in [0.29, 0.717) is 6.10 Å². The summed E-state index contributed by atoms with van der Waals surface area (Å²) in [5.41, 5.74) is 1.19. The number of ether oxygens (including phenoxy) is 1. The van der Waals surface area contributed by atoms with Crippen LogP contribution in [0.1, 0.15) is 25.3 Å². The second-order valence-electron chi connectivity index (χ2n) is 5.59. The fourth-order valence-electron chi connectivity index (χ4n) is 3.48. The van der Waals surface area contributed by atoms with Crippen LogP contribution in [0, 0.1) is 11.8 Å². The van der Waals surface area contributed by atoms with Crippen LogP contribution in [-0.2, 0) is 11.3 Å². The Bertz CT molecular complexity index is 367. The van der Waals surface area contributed by atoms with E-state index in [0.717, 1.165) is 18.4 Å². The second kappa shape index (κ2) is 5.37. The third-order valence-electron chi connectivity index (χ3n) is 4.44. The lowest BCUT2D eigenvalue weighted by Gasteiger charge is -2.37. The number of aromatic nitrogens is 1. The molecule has 0 amide bonds. The van der Waals surface area contributed by atoms with Crippen molar-refractivity contribution in [3.63, 3.8) is 0 Å². The molecule has 0 spiro atoms. The third-order valence-corrected chi connectivity index (χ3v) is 4.44. The molecule has 3 heteroatoms. The van der Waals surface area contributed by atoms with E-state index in [9.17, 15) is 0 Å². The van der Waals surface area contributed by atoms with Crippen molar-refractivity contribution in [2.75, 3.05) is 19.6 Å². The summed E-state index contributed by atoms with van der Waals surface area (Å²) >= 11 is 0. The van der Waals surface area contributed by atoms with E-state index in [2.05, 4.69) is 22.9 Å². The van der Waals surface area contributed by atoms with Crippen LogP contribution in [0.5, 0.6) is 0 Å². The van der Waals surface area contributed by atoms with Crippen molar-refractivity contribution in [2.45, 2.75) is 32.5 Å². The average molecular weight is 246 g/mol. The quantitative estimate of drug-likeness (QED) is 0.815. The van der Waals surface area contributed by atoms with E-state index < -0.39 is 0 Å². The minimum absolute atomic E-state index is 0.480. The first-order chi connectivity index (χ1) is 8.86. The lowest BCUT2D eigenvalue weighted by molar-refractivity contribution is -0.0498. The molecule has 2 aliphatic rings. The lowest BCUT2D eigenvalue weighted by atomic mass is 9.95. The molecule has 3 nitrogen and oxygen atoms in total. The number of hydrogen-bond donors (Lipinski definition) is 0. The van der Waals surface area contributed by atoms with Crippen molar-refractivity contribution < 1.29 is 4.74 Å². The highest BCUT2D eigenvalue weighted by Crippen LogP contribution is 2.39. The number of hydrogen-bond acceptors (Lipinski definition) is 3. The number of rotatable bonds is 4. The van der Waals surface area contributed by atoms with E-state index >= 15 is 0 Å². The topological polar surface area (TPSA) is 25.4 Å². The highest BCUT2D eigenvalue weighted by Gasteiger charge is 2.42. The van der Waals surface area contributed by atoms with Gasteiger partial charge in [0.05, 0.1) is 12.7 Å². The second-order valence-corrected chi connectivity index (χ2v) is 5.59. The molecule has 0 radical (unpaired) electrons. The molecular formula is C15H22N2O. The summed E-state index contributed by atoms with van der Waals surface area (Å²) in [5.74, 6) is 1.50. The minimum atomic E-state index is 0.480. The first kappa shape index (κ1) is 12.1. The zero-order chi connectivity index (χ0) is 12.4. The van der Waals surface area contributed by atoms with Crippen LogP contribution in [0.15, 0.2) is 24.5 Å². The summed E-state index contributed by atoms with van der Waals surface area (Å²) in [6.07, 6.45) is 6.89. The lowest BCUT2D eigenvalue weighted by Crippen LogP contribution is -2.45. The molecule has 0 aromatic carbocycles. The van der Waals surface area contributed by atoms with Crippen molar-refractivity contribution in [1.82, 2.24) is 9.88 Å². The SMILES string of the molecule is CCN1C[C@H]2CC[C@@H](C1)C2OCc1cccnc1. The summed E-state index contributed by atoms with van der Waals surface area (Å²) < 4.78 is 6.18. The van der Waals surface area contributed by atoms with Crippen LogP contribution >= 0.6 is 0 Å². The Morgan fingerprint density at radius 2 is 2.11 bits per heavy atom. The van der Waals surface area contributed by atoms with Gasteiger partial charge in [-0.25, -0.2) is 0 Å². The van der Waals surface area contributed by atoms with Gasteiger partial charge in [0.1, 0.15) is 0 Å². The smallest absolute Gasteiger partial charge is 0.0735 e. The van der Waals surface area contributed by atoms with E-state index in [4.69, 9.17) is 4.74 Å². The van der Waals surface area contributed by atoms with Crippen LogP contribution in [0.25, 0.3) is 0 Å². The normalized spacial score (nSPS) is 31.7. The molecule has 0 N–H and O–H groups in total. The predicted molar refractivity (Wildman–Crippen MR) is 71.1 cm³/mol. The Morgan fingerprint density at radius 1 is 1.33 bits per heavy atom. The highest BCUT2D eigenvalue weighted by atomic mass is 16.5. The molecule has 3 rings (SSSR count). The van der Waals surface area contributed by atoms with Crippen LogP contribution in [0.2, 0.25) is 0 Å². The summed E-state index contributed by atoms with van der Waals surface area (Å²) in [4.78, 5) is 6.71. The van der Waals surface area contributed by atoms with Gasteiger partial charge in [-0.15, -0.1) is 0 Å². The van der Waals surface area contributed by atoms with Gasteiger partial charge < -0.3 is 9.64 Å². The average Bonchev–Trinajstić information content (AvgIpc) is 2.66. The molecule has 1 unspecified atom stereocenters. The largest absolute Gasteiger partial charge is 0.373 e. The Hall–Kier alpha value is -0.930. The fraction of sp³-hybridized carbons (Fsp3) is 0.667. The Balaban J connectivity index is 1.58. The molecule has 18 heavy (non-hydrogen) atoms. The third kappa shape index (κ3) is 2.43. The monoisotopic (exact) mass is 246 g/mol. The summed E-state index contributed by atoms with van der Waals surface area (Å²) in [5, 5.41) is 0. The molecule has 1 aromatic heterocycles. The highest BCUT2D eigenvalue weighted by molar-refractivity contribution is 5.07. The maximum Gasteiger partial charge on any atom is 0.0735 e. The fourth-order valence-corrected chi connectivity index (χ4v) is 3.48. The summed E-state index contributed by atoms with van der Waals surface area (Å²) in [6, 6.07) is 4.07. The zero-order valence-corrected chi connectivity index (χ0v) is 11.1.